The maximum atomic E-state index is 12.0. The van der Waals surface area contributed by atoms with E-state index in [1.807, 2.05) is 18.2 Å². The first kappa shape index (κ1) is 17.6. The van der Waals surface area contributed by atoms with Crippen molar-refractivity contribution in [3.63, 3.8) is 0 Å². The predicted molar refractivity (Wildman–Crippen MR) is 94.7 cm³/mol. The van der Waals surface area contributed by atoms with Crippen LogP contribution < -0.4 is 14.2 Å². The smallest absolute Gasteiger partial charge is 0.336 e. The van der Waals surface area contributed by atoms with Gasteiger partial charge in [-0.05, 0) is 41.8 Å². The molecule has 0 bridgehead atoms. The molecule has 0 N–H and O–H groups in total. The number of carbonyl (C=O) groups excluding carboxylic acids is 1. The predicted octanol–water partition coefficient (Wildman–Crippen LogP) is 4.45. The molecule has 4 heteroatoms. The minimum Gasteiger partial charge on any atom is -0.497 e. The maximum Gasteiger partial charge on any atom is 0.336 e. The molecule has 2 aromatic carbocycles. The fourth-order valence-electron chi connectivity index (χ4n) is 2.18. The Morgan fingerprint density at radius 2 is 1.62 bits per heavy atom. The number of rotatable bonds is 6. The number of hydrogen-bond donors (Lipinski definition) is 0. The van der Waals surface area contributed by atoms with Gasteiger partial charge in [0.05, 0.1) is 14.2 Å². The highest BCUT2D eigenvalue weighted by atomic mass is 16.5. The van der Waals surface area contributed by atoms with Gasteiger partial charge in [-0.1, -0.05) is 26.0 Å². The molecule has 2 aromatic rings. The zero-order valence-electron chi connectivity index (χ0n) is 14.4. The largest absolute Gasteiger partial charge is 0.497 e. The van der Waals surface area contributed by atoms with Gasteiger partial charge in [0.1, 0.15) is 17.2 Å². The van der Waals surface area contributed by atoms with E-state index < -0.39 is 5.97 Å². The molecule has 24 heavy (non-hydrogen) atoms. The molecule has 0 fully saturated rings. The molecule has 126 valence electrons. The Labute approximate surface area is 142 Å². The number of esters is 1. The molecule has 0 radical (unpaired) electrons. The van der Waals surface area contributed by atoms with Crippen LogP contribution in [0, 0.1) is 0 Å². The summed E-state index contributed by atoms with van der Waals surface area (Å²) in [6, 6.07) is 12.9. The summed E-state index contributed by atoms with van der Waals surface area (Å²) in [6.07, 6.45) is 3.03. The van der Waals surface area contributed by atoms with Crippen molar-refractivity contribution >= 4 is 12.0 Å². The van der Waals surface area contributed by atoms with Crippen molar-refractivity contribution in [2.24, 2.45) is 0 Å². The fourth-order valence-corrected chi connectivity index (χ4v) is 2.18. The number of methoxy groups -OCH3 is 2. The Kier molecular flexibility index (Phi) is 6.01. The first-order chi connectivity index (χ1) is 11.5. The van der Waals surface area contributed by atoms with Crippen molar-refractivity contribution in [2.75, 3.05) is 14.2 Å². The van der Waals surface area contributed by atoms with E-state index in [0.717, 1.165) is 5.56 Å². The number of ether oxygens (including phenoxy) is 3. The first-order valence-corrected chi connectivity index (χ1v) is 7.75. The molecule has 0 spiro atoms. The SMILES string of the molecule is COc1ccc(/C=C/C(=O)Oc2ccc(C(C)C)cc2)c(OC)c1. The van der Waals surface area contributed by atoms with Gasteiger partial charge in [0.2, 0.25) is 0 Å². The lowest BCUT2D eigenvalue weighted by Gasteiger charge is -2.08. The average molecular weight is 326 g/mol. The van der Waals surface area contributed by atoms with Gasteiger partial charge in [0.25, 0.3) is 0 Å². The van der Waals surface area contributed by atoms with Crippen LogP contribution in [0.15, 0.2) is 48.5 Å². The highest BCUT2D eigenvalue weighted by molar-refractivity contribution is 5.89. The van der Waals surface area contributed by atoms with Crippen LogP contribution in [0.2, 0.25) is 0 Å². The molecule has 2 rings (SSSR count). The van der Waals surface area contributed by atoms with Crippen LogP contribution in [0.4, 0.5) is 0 Å². The Morgan fingerprint density at radius 1 is 0.958 bits per heavy atom. The number of benzene rings is 2. The van der Waals surface area contributed by atoms with Crippen LogP contribution in [0.1, 0.15) is 30.9 Å². The first-order valence-electron chi connectivity index (χ1n) is 7.75. The molecular weight excluding hydrogens is 304 g/mol. The van der Waals surface area contributed by atoms with E-state index in [2.05, 4.69) is 13.8 Å². The van der Waals surface area contributed by atoms with E-state index in [1.54, 1.807) is 44.6 Å². The van der Waals surface area contributed by atoms with Crippen molar-refractivity contribution in [2.45, 2.75) is 19.8 Å². The summed E-state index contributed by atoms with van der Waals surface area (Å²) in [7, 11) is 3.16. The van der Waals surface area contributed by atoms with Crippen molar-refractivity contribution in [1.82, 2.24) is 0 Å². The van der Waals surface area contributed by atoms with E-state index in [4.69, 9.17) is 14.2 Å². The molecule has 0 aliphatic carbocycles. The summed E-state index contributed by atoms with van der Waals surface area (Å²) in [5.41, 5.74) is 1.97. The topological polar surface area (TPSA) is 44.8 Å². The lowest BCUT2D eigenvalue weighted by Crippen LogP contribution is -2.03. The van der Waals surface area contributed by atoms with Crippen molar-refractivity contribution < 1.29 is 19.0 Å². The Hall–Kier alpha value is -2.75. The van der Waals surface area contributed by atoms with Gasteiger partial charge >= 0.3 is 5.97 Å². The van der Waals surface area contributed by atoms with Crippen molar-refractivity contribution in [3.8, 4) is 17.2 Å². The van der Waals surface area contributed by atoms with Gasteiger partial charge in [0, 0.05) is 17.7 Å². The molecule has 0 saturated carbocycles. The Bertz CT molecular complexity index is 715. The normalized spacial score (nSPS) is 10.9. The number of hydrogen-bond acceptors (Lipinski definition) is 4. The van der Waals surface area contributed by atoms with Gasteiger partial charge in [-0.3, -0.25) is 0 Å². The molecule has 0 aromatic heterocycles. The Morgan fingerprint density at radius 3 is 2.21 bits per heavy atom. The van der Waals surface area contributed by atoms with Gasteiger partial charge in [0.15, 0.2) is 0 Å². The molecule has 0 aliphatic rings. The summed E-state index contributed by atoms with van der Waals surface area (Å²) in [5.74, 6) is 1.84. The van der Waals surface area contributed by atoms with E-state index >= 15 is 0 Å². The molecule has 0 unspecified atom stereocenters. The van der Waals surface area contributed by atoms with Crippen LogP contribution in [0.5, 0.6) is 17.2 Å². The second-order valence-corrected chi connectivity index (χ2v) is 5.59. The maximum absolute atomic E-state index is 12.0. The van der Waals surface area contributed by atoms with E-state index in [-0.39, 0.29) is 0 Å². The standard InChI is InChI=1S/C20H22O4/c1-14(2)15-5-9-17(10-6-15)24-20(21)12-8-16-7-11-18(22-3)13-19(16)23-4/h5-14H,1-4H3/b12-8+. The van der Waals surface area contributed by atoms with Crippen LogP contribution in [-0.2, 0) is 4.79 Å². The van der Waals surface area contributed by atoms with E-state index in [9.17, 15) is 4.79 Å². The molecular formula is C20H22O4. The number of carbonyl (C=O) groups is 1. The van der Waals surface area contributed by atoms with E-state index in [0.29, 0.717) is 23.2 Å². The molecule has 0 saturated heterocycles. The summed E-state index contributed by atoms with van der Waals surface area (Å²) in [4.78, 5) is 12.0. The molecule has 0 heterocycles. The zero-order chi connectivity index (χ0) is 17.5. The van der Waals surface area contributed by atoms with Gasteiger partial charge < -0.3 is 14.2 Å². The van der Waals surface area contributed by atoms with Crippen LogP contribution in [0.3, 0.4) is 0 Å². The monoisotopic (exact) mass is 326 g/mol. The quantitative estimate of drug-likeness (QED) is 0.447. The summed E-state index contributed by atoms with van der Waals surface area (Å²) < 4.78 is 15.7. The Balaban J connectivity index is 2.05. The third-order valence-electron chi connectivity index (χ3n) is 3.60. The zero-order valence-corrected chi connectivity index (χ0v) is 14.4. The van der Waals surface area contributed by atoms with Crippen LogP contribution in [0.25, 0.3) is 6.08 Å². The summed E-state index contributed by atoms with van der Waals surface area (Å²) in [6.45, 7) is 4.23. The van der Waals surface area contributed by atoms with Crippen LogP contribution >= 0.6 is 0 Å². The second kappa shape index (κ2) is 8.20. The van der Waals surface area contributed by atoms with Crippen molar-refractivity contribution in [1.29, 1.82) is 0 Å². The molecule has 4 nitrogen and oxygen atoms in total. The molecule has 0 atom stereocenters. The van der Waals surface area contributed by atoms with E-state index in [1.165, 1.54) is 11.6 Å². The third kappa shape index (κ3) is 4.62. The highest BCUT2D eigenvalue weighted by Crippen LogP contribution is 2.25. The van der Waals surface area contributed by atoms with Gasteiger partial charge in [-0.15, -0.1) is 0 Å². The average Bonchev–Trinajstić information content (AvgIpc) is 2.60. The lowest BCUT2D eigenvalue weighted by molar-refractivity contribution is -0.128. The van der Waals surface area contributed by atoms with Crippen molar-refractivity contribution in [3.05, 3.63) is 59.7 Å². The molecule has 0 amide bonds. The minimum absolute atomic E-state index is 0.440. The van der Waals surface area contributed by atoms with Gasteiger partial charge in [-0.2, -0.15) is 0 Å². The highest BCUT2D eigenvalue weighted by Gasteiger charge is 2.05. The van der Waals surface area contributed by atoms with Crippen LogP contribution in [-0.4, -0.2) is 20.2 Å². The summed E-state index contributed by atoms with van der Waals surface area (Å²) >= 11 is 0. The van der Waals surface area contributed by atoms with Gasteiger partial charge in [-0.25, -0.2) is 4.79 Å². The second-order valence-electron chi connectivity index (χ2n) is 5.59. The summed E-state index contributed by atoms with van der Waals surface area (Å²) in [5, 5.41) is 0. The third-order valence-corrected chi connectivity index (χ3v) is 3.60. The minimum atomic E-state index is -0.440. The lowest BCUT2D eigenvalue weighted by atomic mass is 10.0. The molecule has 0 aliphatic heterocycles. The fraction of sp³-hybridized carbons (Fsp3) is 0.250.